The summed E-state index contributed by atoms with van der Waals surface area (Å²) in [5.74, 6) is 1.94. The molecule has 0 spiro atoms. The van der Waals surface area contributed by atoms with Gasteiger partial charge in [0.2, 0.25) is 0 Å². The van der Waals surface area contributed by atoms with Crippen LogP contribution in [-0.2, 0) is 0 Å². The number of rotatable bonds is 4. The fourth-order valence-corrected chi connectivity index (χ4v) is 7.84. The van der Waals surface area contributed by atoms with Crippen molar-refractivity contribution >= 4 is 60.0 Å². The minimum atomic E-state index is 0.648. The third-order valence-electron chi connectivity index (χ3n) is 10.0. The molecular weight excluding hydrogens is 613 g/mol. The first kappa shape index (κ1) is 27.1. The van der Waals surface area contributed by atoms with Gasteiger partial charge in [-0.3, -0.25) is 0 Å². The first-order valence-electron chi connectivity index (χ1n) is 16.8. The predicted octanol–water partition coefficient (Wildman–Crippen LogP) is 11.6. The van der Waals surface area contributed by atoms with Crippen LogP contribution in [0.5, 0.6) is 0 Å². The van der Waals surface area contributed by atoms with E-state index in [-0.39, 0.29) is 0 Å². The molecule has 11 aromatic rings. The number of para-hydroxylation sites is 4. The van der Waals surface area contributed by atoms with Crippen molar-refractivity contribution in [3.63, 3.8) is 0 Å². The lowest BCUT2D eigenvalue weighted by molar-refractivity contribution is 0.670. The summed E-state index contributed by atoms with van der Waals surface area (Å²) in [4.78, 5) is 15.2. The molecular formula is C45H26N4O. The molecule has 4 heterocycles. The molecule has 0 saturated heterocycles. The maximum Gasteiger partial charge on any atom is 0.164 e. The molecule has 232 valence electrons. The van der Waals surface area contributed by atoms with E-state index in [0.29, 0.717) is 17.5 Å². The van der Waals surface area contributed by atoms with Gasteiger partial charge >= 0.3 is 0 Å². The van der Waals surface area contributed by atoms with Gasteiger partial charge in [0.05, 0.1) is 16.6 Å². The molecule has 0 N–H and O–H groups in total. The van der Waals surface area contributed by atoms with Gasteiger partial charge in [-0.05, 0) is 18.2 Å². The minimum absolute atomic E-state index is 0.648. The van der Waals surface area contributed by atoms with Crippen LogP contribution in [0, 0.1) is 0 Å². The second-order valence-corrected chi connectivity index (χ2v) is 12.8. The number of furan rings is 1. The molecule has 50 heavy (non-hydrogen) atoms. The van der Waals surface area contributed by atoms with E-state index in [4.69, 9.17) is 19.4 Å². The van der Waals surface area contributed by atoms with Crippen molar-refractivity contribution in [2.75, 3.05) is 0 Å². The molecule has 0 radical (unpaired) electrons. The molecule has 5 nitrogen and oxygen atoms in total. The fraction of sp³-hybridized carbons (Fsp3) is 0. The summed E-state index contributed by atoms with van der Waals surface area (Å²) in [7, 11) is 0. The van der Waals surface area contributed by atoms with Crippen LogP contribution in [0.1, 0.15) is 0 Å². The zero-order valence-electron chi connectivity index (χ0n) is 26.7. The van der Waals surface area contributed by atoms with E-state index in [2.05, 4.69) is 89.3 Å². The predicted molar refractivity (Wildman–Crippen MR) is 204 cm³/mol. The molecule has 4 aromatic heterocycles. The molecule has 7 aromatic carbocycles. The molecule has 11 rings (SSSR count). The Morgan fingerprint density at radius 3 is 1.72 bits per heavy atom. The van der Waals surface area contributed by atoms with E-state index in [1.54, 1.807) is 0 Å². The maximum absolute atomic E-state index is 6.56. The largest absolute Gasteiger partial charge is 0.455 e. The Hall–Kier alpha value is -6.85. The smallest absolute Gasteiger partial charge is 0.164 e. The summed E-state index contributed by atoms with van der Waals surface area (Å²) in [6.07, 6.45) is 0. The molecule has 0 aliphatic rings. The van der Waals surface area contributed by atoms with Gasteiger partial charge in [-0.25, -0.2) is 15.0 Å². The summed E-state index contributed by atoms with van der Waals surface area (Å²) >= 11 is 0. The van der Waals surface area contributed by atoms with E-state index in [1.165, 1.54) is 10.8 Å². The Balaban J connectivity index is 1.24. The maximum atomic E-state index is 6.56. The lowest BCUT2D eigenvalue weighted by Crippen LogP contribution is -2.00. The van der Waals surface area contributed by atoms with Crippen molar-refractivity contribution < 1.29 is 4.42 Å². The standard InChI is InChI=1S/C45H26N4O/c1-3-13-27(14-4-1)43-46-44(28-15-5-2-6-16-28)48-45(47-43)36-26-25-32-30-19-11-20-31(40(30)49-37-23-9-7-18-35(37)39(36)41(32)49)34-22-12-21-33-29-17-8-10-24-38(29)50-42(33)34/h1-26H. The van der Waals surface area contributed by atoms with E-state index in [1.807, 2.05) is 72.8 Å². The zero-order valence-corrected chi connectivity index (χ0v) is 26.7. The third-order valence-corrected chi connectivity index (χ3v) is 10.0. The van der Waals surface area contributed by atoms with Crippen molar-refractivity contribution in [2.24, 2.45) is 0 Å². The van der Waals surface area contributed by atoms with Crippen LogP contribution in [0.4, 0.5) is 0 Å². The van der Waals surface area contributed by atoms with Gasteiger partial charge in [-0.1, -0.05) is 140 Å². The minimum Gasteiger partial charge on any atom is -0.455 e. The number of benzene rings is 7. The number of nitrogens with zero attached hydrogens (tertiary/aromatic N) is 4. The van der Waals surface area contributed by atoms with Crippen LogP contribution in [0.25, 0.3) is 105 Å². The molecule has 0 fully saturated rings. The van der Waals surface area contributed by atoms with Crippen LogP contribution < -0.4 is 0 Å². The highest BCUT2D eigenvalue weighted by atomic mass is 16.3. The van der Waals surface area contributed by atoms with Gasteiger partial charge < -0.3 is 8.82 Å². The summed E-state index contributed by atoms with van der Waals surface area (Å²) in [5.41, 5.74) is 10.3. The van der Waals surface area contributed by atoms with Crippen molar-refractivity contribution in [1.82, 2.24) is 19.4 Å². The molecule has 0 aliphatic carbocycles. The average molecular weight is 639 g/mol. The molecule has 0 saturated carbocycles. The van der Waals surface area contributed by atoms with Crippen LogP contribution >= 0.6 is 0 Å². The Kier molecular flexibility index (Phi) is 5.60. The fourth-order valence-electron chi connectivity index (χ4n) is 7.84. The summed E-state index contributed by atoms with van der Waals surface area (Å²) in [6, 6.07) is 54.7. The second-order valence-electron chi connectivity index (χ2n) is 12.8. The molecule has 0 amide bonds. The monoisotopic (exact) mass is 638 g/mol. The highest BCUT2D eigenvalue weighted by molar-refractivity contribution is 6.28. The first-order chi connectivity index (χ1) is 24.8. The van der Waals surface area contributed by atoms with E-state index >= 15 is 0 Å². The van der Waals surface area contributed by atoms with Crippen molar-refractivity contribution in [3.8, 4) is 45.3 Å². The molecule has 0 unspecified atom stereocenters. The molecule has 0 aliphatic heterocycles. The summed E-state index contributed by atoms with van der Waals surface area (Å²) in [6.45, 7) is 0. The molecule has 0 bridgehead atoms. The van der Waals surface area contributed by atoms with Crippen molar-refractivity contribution in [3.05, 3.63) is 158 Å². The average Bonchev–Trinajstić information content (AvgIpc) is 3.86. The Bertz CT molecular complexity index is 3030. The number of hydrogen-bond acceptors (Lipinski definition) is 4. The SMILES string of the molecule is c1ccc(-c2nc(-c3ccccc3)nc(-c3ccc4c5cccc(-c6cccc7c6oc6ccccc67)c5n5c6ccccc6c3c45)n2)cc1. The van der Waals surface area contributed by atoms with E-state index < -0.39 is 0 Å². The number of aromatic nitrogens is 4. The van der Waals surface area contributed by atoms with Crippen molar-refractivity contribution in [1.29, 1.82) is 0 Å². The van der Waals surface area contributed by atoms with Gasteiger partial charge in [0.25, 0.3) is 0 Å². The van der Waals surface area contributed by atoms with Crippen LogP contribution in [0.15, 0.2) is 162 Å². The molecule has 5 heteroatoms. The summed E-state index contributed by atoms with van der Waals surface area (Å²) in [5, 5.41) is 6.92. The highest BCUT2D eigenvalue weighted by Crippen LogP contribution is 2.47. The zero-order chi connectivity index (χ0) is 32.8. The Labute approximate surface area is 286 Å². The normalized spacial score (nSPS) is 12.0. The quantitative estimate of drug-likeness (QED) is 0.192. The summed E-state index contributed by atoms with van der Waals surface area (Å²) < 4.78 is 9.00. The number of fused-ring (bicyclic) bond motifs is 9. The van der Waals surface area contributed by atoms with Gasteiger partial charge in [0.1, 0.15) is 11.2 Å². The van der Waals surface area contributed by atoms with E-state index in [0.717, 1.165) is 77.1 Å². The van der Waals surface area contributed by atoms with Crippen LogP contribution in [0.2, 0.25) is 0 Å². The topological polar surface area (TPSA) is 56.2 Å². The number of hydrogen-bond donors (Lipinski definition) is 0. The van der Waals surface area contributed by atoms with Crippen molar-refractivity contribution in [2.45, 2.75) is 0 Å². The van der Waals surface area contributed by atoms with Gasteiger partial charge in [0, 0.05) is 60.1 Å². The van der Waals surface area contributed by atoms with Gasteiger partial charge in [0.15, 0.2) is 17.5 Å². The second kappa shape index (κ2) is 10.3. The Morgan fingerprint density at radius 1 is 0.380 bits per heavy atom. The van der Waals surface area contributed by atoms with Crippen LogP contribution in [0.3, 0.4) is 0 Å². The first-order valence-corrected chi connectivity index (χ1v) is 16.8. The lowest BCUT2D eigenvalue weighted by atomic mass is 9.98. The lowest BCUT2D eigenvalue weighted by Gasteiger charge is -2.10. The van der Waals surface area contributed by atoms with Gasteiger partial charge in [-0.15, -0.1) is 0 Å². The van der Waals surface area contributed by atoms with Gasteiger partial charge in [-0.2, -0.15) is 0 Å². The van der Waals surface area contributed by atoms with E-state index in [9.17, 15) is 0 Å². The van der Waals surface area contributed by atoms with Crippen LogP contribution in [-0.4, -0.2) is 19.4 Å². The molecule has 0 atom stereocenters. The Morgan fingerprint density at radius 2 is 0.960 bits per heavy atom. The third kappa shape index (κ3) is 3.80. The highest BCUT2D eigenvalue weighted by Gasteiger charge is 2.25.